The van der Waals surface area contributed by atoms with Gasteiger partial charge in [0.25, 0.3) is 0 Å². The Morgan fingerprint density at radius 3 is 2.81 bits per heavy atom. The zero-order chi connectivity index (χ0) is 11.5. The number of aromatic nitrogens is 3. The summed E-state index contributed by atoms with van der Waals surface area (Å²) in [6.45, 7) is 4.70. The molecule has 0 bridgehead atoms. The van der Waals surface area contributed by atoms with Gasteiger partial charge in [-0.1, -0.05) is 0 Å². The molecule has 0 spiro atoms. The maximum Gasteiger partial charge on any atom is 0.106 e. The first-order valence-corrected chi connectivity index (χ1v) is 5.82. The molecule has 4 nitrogen and oxygen atoms in total. The molecular weight excluding hydrogens is 268 g/mol. The van der Waals surface area contributed by atoms with E-state index in [1.807, 2.05) is 26.0 Å². The number of aryl methyl sites for hydroxylation is 2. The van der Waals surface area contributed by atoms with Crippen molar-refractivity contribution >= 4 is 21.6 Å². The van der Waals surface area contributed by atoms with Crippen molar-refractivity contribution in [2.24, 2.45) is 0 Å². The molecule has 0 saturated carbocycles. The van der Waals surface area contributed by atoms with Gasteiger partial charge in [0.15, 0.2) is 0 Å². The van der Waals surface area contributed by atoms with Gasteiger partial charge in [0.05, 0.1) is 29.9 Å². The molecule has 0 saturated heterocycles. The maximum absolute atomic E-state index is 4.32. The van der Waals surface area contributed by atoms with Crippen molar-refractivity contribution in [2.75, 3.05) is 5.32 Å². The van der Waals surface area contributed by atoms with E-state index in [1.54, 1.807) is 6.33 Å². The summed E-state index contributed by atoms with van der Waals surface area (Å²) in [5.41, 5.74) is 4.13. The van der Waals surface area contributed by atoms with Gasteiger partial charge in [-0.3, -0.25) is 0 Å². The Labute approximate surface area is 103 Å². The second-order valence-corrected chi connectivity index (χ2v) is 4.41. The Morgan fingerprint density at radius 2 is 2.19 bits per heavy atom. The summed E-state index contributed by atoms with van der Waals surface area (Å²) in [6, 6.07) is 3.93. The molecule has 0 aliphatic heterocycles. The molecular formula is C11H13BrN4. The highest BCUT2D eigenvalue weighted by Crippen LogP contribution is 2.17. The van der Waals surface area contributed by atoms with Crippen molar-refractivity contribution in [2.45, 2.75) is 20.4 Å². The number of anilines is 1. The van der Waals surface area contributed by atoms with Crippen molar-refractivity contribution in [3.8, 4) is 0 Å². The highest BCUT2D eigenvalue weighted by Gasteiger charge is 2.03. The number of aromatic amines is 1. The first-order valence-electron chi connectivity index (χ1n) is 5.02. The molecule has 0 aliphatic rings. The number of nitrogens with one attached hydrogen (secondary N) is 2. The van der Waals surface area contributed by atoms with Crippen LogP contribution in [0.4, 0.5) is 5.69 Å². The molecule has 0 aromatic carbocycles. The number of hydrogen-bond donors (Lipinski definition) is 2. The van der Waals surface area contributed by atoms with Crippen LogP contribution in [0.5, 0.6) is 0 Å². The zero-order valence-corrected chi connectivity index (χ0v) is 10.8. The third kappa shape index (κ3) is 2.41. The minimum Gasteiger partial charge on any atom is -0.378 e. The largest absolute Gasteiger partial charge is 0.378 e. The second kappa shape index (κ2) is 4.65. The molecule has 0 atom stereocenters. The van der Waals surface area contributed by atoms with Gasteiger partial charge >= 0.3 is 0 Å². The summed E-state index contributed by atoms with van der Waals surface area (Å²) in [6.07, 6.45) is 1.71. The lowest BCUT2D eigenvalue weighted by Crippen LogP contribution is -2.03. The van der Waals surface area contributed by atoms with E-state index in [0.717, 1.165) is 27.4 Å². The van der Waals surface area contributed by atoms with Crippen LogP contribution in [0.2, 0.25) is 0 Å². The number of pyridine rings is 1. The van der Waals surface area contributed by atoms with Gasteiger partial charge in [0, 0.05) is 5.69 Å². The first-order chi connectivity index (χ1) is 7.66. The number of H-pyrrole nitrogens is 1. The number of imidazole rings is 1. The summed E-state index contributed by atoms with van der Waals surface area (Å²) in [5, 5.41) is 3.32. The van der Waals surface area contributed by atoms with E-state index in [1.165, 1.54) is 0 Å². The molecule has 0 amide bonds. The van der Waals surface area contributed by atoms with E-state index in [9.17, 15) is 0 Å². The lowest BCUT2D eigenvalue weighted by Gasteiger charge is -2.08. The summed E-state index contributed by atoms with van der Waals surface area (Å²) in [5.74, 6) is 0. The second-order valence-electron chi connectivity index (χ2n) is 3.59. The fraction of sp³-hybridized carbons (Fsp3) is 0.273. The van der Waals surface area contributed by atoms with E-state index in [4.69, 9.17) is 0 Å². The molecule has 0 unspecified atom stereocenters. The Balaban J connectivity index is 2.08. The highest BCUT2D eigenvalue weighted by molar-refractivity contribution is 9.10. The van der Waals surface area contributed by atoms with Crippen molar-refractivity contribution in [3.63, 3.8) is 0 Å². The fourth-order valence-electron chi connectivity index (χ4n) is 1.46. The van der Waals surface area contributed by atoms with Crippen LogP contribution in [-0.4, -0.2) is 15.0 Å². The Morgan fingerprint density at radius 1 is 1.38 bits per heavy atom. The van der Waals surface area contributed by atoms with Crippen LogP contribution in [0.15, 0.2) is 23.1 Å². The third-order valence-electron chi connectivity index (χ3n) is 2.43. The summed E-state index contributed by atoms with van der Waals surface area (Å²) in [4.78, 5) is 11.6. The van der Waals surface area contributed by atoms with E-state index >= 15 is 0 Å². The monoisotopic (exact) mass is 280 g/mol. The van der Waals surface area contributed by atoms with Crippen LogP contribution in [0.3, 0.4) is 0 Å². The predicted octanol–water partition coefficient (Wildman–Crippen LogP) is 2.80. The molecule has 0 radical (unpaired) electrons. The lowest BCUT2D eigenvalue weighted by molar-refractivity contribution is 1.03. The number of rotatable bonds is 3. The summed E-state index contributed by atoms with van der Waals surface area (Å²) >= 11 is 3.34. The smallest absolute Gasteiger partial charge is 0.106 e. The van der Waals surface area contributed by atoms with Gasteiger partial charge in [-0.05, 0) is 41.9 Å². The molecule has 5 heteroatoms. The molecule has 2 aromatic heterocycles. The van der Waals surface area contributed by atoms with Gasteiger partial charge < -0.3 is 10.3 Å². The lowest BCUT2D eigenvalue weighted by atomic mass is 10.3. The van der Waals surface area contributed by atoms with Crippen LogP contribution in [-0.2, 0) is 6.54 Å². The normalized spacial score (nSPS) is 10.4. The molecule has 16 heavy (non-hydrogen) atoms. The molecule has 2 rings (SSSR count). The van der Waals surface area contributed by atoms with Gasteiger partial charge in [-0.2, -0.15) is 0 Å². The van der Waals surface area contributed by atoms with Crippen molar-refractivity contribution < 1.29 is 0 Å². The highest BCUT2D eigenvalue weighted by atomic mass is 79.9. The minimum atomic E-state index is 0.708. The average Bonchev–Trinajstić information content (AvgIpc) is 2.63. The minimum absolute atomic E-state index is 0.708. The fourth-order valence-corrected chi connectivity index (χ4v) is 1.86. The van der Waals surface area contributed by atoms with Gasteiger partial charge in [-0.15, -0.1) is 0 Å². The number of hydrogen-bond acceptors (Lipinski definition) is 3. The standard InChI is InChI=1S/C11H13BrN4/c1-7-10(15-6-14-7)5-13-9-3-4-11(12)16-8(9)2/h3-4,6,13H,5H2,1-2H3,(H,14,15). The molecule has 0 fully saturated rings. The quantitative estimate of drug-likeness (QED) is 0.851. The van der Waals surface area contributed by atoms with Crippen LogP contribution in [0, 0.1) is 13.8 Å². The van der Waals surface area contributed by atoms with E-state index in [0.29, 0.717) is 6.54 Å². The molecule has 84 valence electrons. The average molecular weight is 281 g/mol. The first kappa shape index (κ1) is 11.1. The molecule has 2 aromatic rings. The summed E-state index contributed by atoms with van der Waals surface area (Å²) in [7, 11) is 0. The van der Waals surface area contributed by atoms with Crippen LogP contribution >= 0.6 is 15.9 Å². The van der Waals surface area contributed by atoms with E-state index < -0.39 is 0 Å². The van der Waals surface area contributed by atoms with E-state index in [2.05, 4.69) is 36.2 Å². The topological polar surface area (TPSA) is 53.6 Å². The zero-order valence-electron chi connectivity index (χ0n) is 9.21. The van der Waals surface area contributed by atoms with Crippen LogP contribution in [0.25, 0.3) is 0 Å². The van der Waals surface area contributed by atoms with Crippen LogP contribution < -0.4 is 5.32 Å². The van der Waals surface area contributed by atoms with Crippen LogP contribution in [0.1, 0.15) is 17.1 Å². The SMILES string of the molecule is Cc1nc(Br)ccc1NCc1nc[nH]c1C. The van der Waals surface area contributed by atoms with E-state index in [-0.39, 0.29) is 0 Å². The molecule has 0 aliphatic carbocycles. The summed E-state index contributed by atoms with van der Waals surface area (Å²) < 4.78 is 0.853. The third-order valence-corrected chi connectivity index (χ3v) is 2.87. The molecule has 2 N–H and O–H groups in total. The Bertz CT molecular complexity index is 492. The number of halogens is 1. The van der Waals surface area contributed by atoms with Crippen molar-refractivity contribution in [1.82, 2.24) is 15.0 Å². The van der Waals surface area contributed by atoms with Gasteiger partial charge in [0.2, 0.25) is 0 Å². The van der Waals surface area contributed by atoms with Crippen molar-refractivity contribution in [3.05, 3.63) is 40.1 Å². The van der Waals surface area contributed by atoms with Crippen molar-refractivity contribution in [1.29, 1.82) is 0 Å². The maximum atomic E-state index is 4.32. The Hall–Kier alpha value is -1.36. The van der Waals surface area contributed by atoms with Gasteiger partial charge in [0.1, 0.15) is 4.60 Å². The van der Waals surface area contributed by atoms with Gasteiger partial charge in [-0.25, -0.2) is 9.97 Å². The predicted molar refractivity (Wildman–Crippen MR) is 67.3 cm³/mol. The molecule has 2 heterocycles. The number of nitrogens with zero attached hydrogens (tertiary/aromatic N) is 2. The Kier molecular flexibility index (Phi) is 3.24.